The lowest BCUT2D eigenvalue weighted by atomic mass is 10.1. The van der Waals surface area contributed by atoms with Crippen molar-refractivity contribution in [2.24, 2.45) is 0 Å². The first-order valence-corrected chi connectivity index (χ1v) is 7.50. The lowest BCUT2D eigenvalue weighted by Gasteiger charge is -2.26. The molecule has 3 rings (SSSR count). The van der Waals surface area contributed by atoms with E-state index in [1.165, 1.54) is 18.6 Å². The maximum absolute atomic E-state index is 13.2. The molecule has 0 saturated carbocycles. The maximum Gasteiger partial charge on any atom is 0.253 e. The number of amides is 1. The number of carbonyl (C=O) groups is 1. The fourth-order valence-corrected chi connectivity index (χ4v) is 3.54. The Kier molecular flexibility index (Phi) is 3.73. The first-order valence-electron chi connectivity index (χ1n) is 7.06. The molecule has 2 aliphatic heterocycles. The van der Waals surface area contributed by atoms with Gasteiger partial charge < -0.3 is 4.90 Å². The Balaban J connectivity index is 1.78. The minimum absolute atomic E-state index is 0.0127. The first-order chi connectivity index (χ1) is 9.56. The van der Waals surface area contributed by atoms with Crippen molar-refractivity contribution in [3.63, 3.8) is 0 Å². The van der Waals surface area contributed by atoms with Crippen LogP contribution in [0.1, 0.15) is 29.6 Å². The smallest absolute Gasteiger partial charge is 0.253 e. The first kappa shape index (κ1) is 13.9. The molecule has 108 valence electrons. The second-order valence-electron chi connectivity index (χ2n) is 5.76. The summed E-state index contributed by atoms with van der Waals surface area (Å²) in [7, 11) is 2.15. The highest BCUT2D eigenvalue weighted by atomic mass is 32.1. The molecule has 2 fully saturated rings. The van der Waals surface area contributed by atoms with Crippen LogP contribution in [-0.4, -0.2) is 47.9 Å². The Morgan fingerprint density at radius 3 is 2.80 bits per heavy atom. The molecule has 1 aromatic carbocycles. The summed E-state index contributed by atoms with van der Waals surface area (Å²) in [6.07, 6.45) is 3.42. The number of fused-ring (bicyclic) bond motifs is 2. The molecule has 2 heterocycles. The zero-order valence-corrected chi connectivity index (χ0v) is 12.4. The van der Waals surface area contributed by atoms with Crippen LogP contribution in [0.3, 0.4) is 0 Å². The molecule has 0 spiro atoms. The van der Waals surface area contributed by atoms with Crippen molar-refractivity contribution < 1.29 is 9.18 Å². The predicted octanol–water partition coefficient (Wildman–Crippen LogP) is 2.42. The standard InChI is InChI=1S/C15H19FN2OS/c1-17-11-3-4-12(17)9-18(7-6-11)15(19)10-2-5-13(16)14(20)8-10/h2,5,8,11-12,20H,3-4,6-7,9H2,1H3. The molecule has 2 atom stereocenters. The zero-order valence-electron chi connectivity index (χ0n) is 11.6. The van der Waals surface area contributed by atoms with Crippen LogP contribution in [0.15, 0.2) is 23.1 Å². The van der Waals surface area contributed by atoms with E-state index in [2.05, 4.69) is 24.6 Å². The summed E-state index contributed by atoms with van der Waals surface area (Å²) in [5.74, 6) is -0.402. The van der Waals surface area contributed by atoms with Crippen LogP contribution in [0.2, 0.25) is 0 Å². The zero-order chi connectivity index (χ0) is 14.3. The van der Waals surface area contributed by atoms with Crippen LogP contribution >= 0.6 is 12.6 Å². The molecule has 0 radical (unpaired) electrons. The molecule has 20 heavy (non-hydrogen) atoms. The summed E-state index contributed by atoms with van der Waals surface area (Å²) in [6, 6.07) is 5.44. The van der Waals surface area contributed by atoms with E-state index in [9.17, 15) is 9.18 Å². The highest BCUT2D eigenvalue weighted by molar-refractivity contribution is 7.80. The summed E-state index contributed by atoms with van der Waals surface area (Å²) in [6.45, 7) is 1.55. The Morgan fingerprint density at radius 2 is 2.05 bits per heavy atom. The van der Waals surface area contributed by atoms with E-state index < -0.39 is 0 Å². The van der Waals surface area contributed by atoms with Crippen molar-refractivity contribution in [1.29, 1.82) is 0 Å². The lowest BCUT2D eigenvalue weighted by Crippen LogP contribution is -2.39. The van der Waals surface area contributed by atoms with Crippen LogP contribution < -0.4 is 0 Å². The van der Waals surface area contributed by atoms with Gasteiger partial charge in [0.1, 0.15) is 5.82 Å². The highest BCUT2D eigenvalue weighted by Gasteiger charge is 2.36. The van der Waals surface area contributed by atoms with Crippen molar-refractivity contribution in [2.45, 2.75) is 36.2 Å². The van der Waals surface area contributed by atoms with Crippen LogP contribution in [0, 0.1) is 5.82 Å². The van der Waals surface area contributed by atoms with Crippen molar-refractivity contribution >= 4 is 18.5 Å². The number of thiol groups is 1. The van der Waals surface area contributed by atoms with E-state index >= 15 is 0 Å². The largest absolute Gasteiger partial charge is 0.337 e. The Morgan fingerprint density at radius 1 is 1.30 bits per heavy atom. The highest BCUT2D eigenvalue weighted by Crippen LogP contribution is 2.29. The monoisotopic (exact) mass is 294 g/mol. The Labute approximate surface area is 124 Å². The molecule has 0 aliphatic carbocycles. The second-order valence-corrected chi connectivity index (χ2v) is 6.24. The fraction of sp³-hybridized carbons (Fsp3) is 0.533. The number of likely N-dealkylation sites (N-methyl/N-ethyl adjacent to an activating group) is 1. The Bertz CT molecular complexity index is 537. The molecule has 1 amide bonds. The van der Waals surface area contributed by atoms with Crippen LogP contribution in [0.5, 0.6) is 0 Å². The predicted molar refractivity (Wildman–Crippen MR) is 78.7 cm³/mol. The van der Waals surface area contributed by atoms with E-state index in [1.807, 2.05) is 4.90 Å². The van der Waals surface area contributed by atoms with E-state index in [-0.39, 0.29) is 16.6 Å². The maximum atomic E-state index is 13.2. The van der Waals surface area contributed by atoms with Gasteiger partial charge >= 0.3 is 0 Å². The molecule has 2 saturated heterocycles. The van der Waals surface area contributed by atoms with Gasteiger partial charge in [-0.3, -0.25) is 9.69 Å². The number of carbonyl (C=O) groups excluding carboxylic acids is 1. The number of benzene rings is 1. The number of likely N-dealkylation sites (tertiary alicyclic amines) is 1. The SMILES string of the molecule is CN1C2CCC1CN(C(=O)c1ccc(F)c(S)c1)CC2. The molecular weight excluding hydrogens is 275 g/mol. The summed E-state index contributed by atoms with van der Waals surface area (Å²) in [5, 5.41) is 0. The van der Waals surface area contributed by atoms with Gasteiger partial charge in [-0.2, -0.15) is 0 Å². The third-order valence-corrected chi connectivity index (χ3v) is 4.97. The minimum atomic E-state index is -0.389. The molecule has 2 aliphatic rings. The number of rotatable bonds is 1. The van der Waals surface area contributed by atoms with Gasteiger partial charge in [0.25, 0.3) is 5.91 Å². The molecule has 1 aromatic rings. The summed E-state index contributed by atoms with van der Waals surface area (Å²) >= 11 is 4.05. The third kappa shape index (κ3) is 2.44. The fourth-order valence-electron chi connectivity index (χ4n) is 3.32. The average Bonchev–Trinajstić information content (AvgIpc) is 2.66. The van der Waals surface area contributed by atoms with Gasteiger partial charge in [-0.15, -0.1) is 12.6 Å². The summed E-state index contributed by atoms with van der Waals surface area (Å²) in [5.41, 5.74) is 0.525. The molecule has 0 N–H and O–H groups in total. The van der Waals surface area contributed by atoms with E-state index in [4.69, 9.17) is 0 Å². The van der Waals surface area contributed by atoms with Gasteiger partial charge in [0.05, 0.1) is 0 Å². The second kappa shape index (κ2) is 5.37. The van der Waals surface area contributed by atoms with E-state index in [0.29, 0.717) is 17.6 Å². The molecule has 0 aromatic heterocycles. The quantitative estimate of drug-likeness (QED) is 0.804. The number of nitrogens with zero attached hydrogens (tertiary/aromatic N) is 2. The molecule has 2 bridgehead atoms. The molecule has 5 heteroatoms. The van der Waals surface area contributed by atoms with Gasteiger partial charge in [-0.05, 0) is 44.5 Å². The van der Waals surface area contributed by atoms with Gasteiger partial charge in [0.15, 0.2) is 0 Å². The van der Waals surface area contributed by atoms with Crippen molar-refractivity contribution in [3.8, 4) is 0 Å². The van der Waals surface area contributed by atoms with Gasteiger partial charge in [0, 0.05) is 35.6 Å². The number of hydrogen-bond acceptors (Lipinski definition) is 3. The van der Waals surface area contributed by atoms with Crippen LogP contribution in [-0.2, 0) is 0 Å². The molecule has 3 nitrogen and oxygen atoms in total. The minimum Gasteiger partial charge on any atom is -0.337 e. The Hall–Kier alpha value is -1.07. The average molecular weight is 294 g/mol. The summed E-state index contributed by atoms with van der Waals surface area (Å²) in [4.78, 5) is 17.1. The van der Waals surface area contributed by atoms with Gasteiger partial charge in [0.2, 0.25) is 0 Å². The summed E-state index contributed by atoms with van der Waals surface area (Å²) < 4.78 is 13.2. The lowest BCUT2D eigenvalue weighted by molar-refractivity contribution is 0.0740. The normalized spacial score (nSPS) is 26.6. The van der Waals surface area contributed by atoms with E-state index in [1.54, 1.807) is 6.07 Å². The number of halogens is 1. The van der Waals surface area contributed by atoms with E-state index in [0.717, 1.165) is 25.9 Å². The van der Waals surface area contributed by atoms with Crippen LogP contribution in [0.4, 0.5) is 4.39 Å². The van der Waals surface area contributed by atoms with Gasteiger partial charge in [-0.1, -0.05) is 0 Å². The van der Waals surface area contributed by atoms with Crippen LogP contribution in [0.25, 0.3) is 0 Å². The van der Waals surface area contributed by atoms with Gasteiger partial charge in [-0.25, -0.2) is 4.39 Å². The van der Waals surface area contributed by atoms with Crippen molar-refractivity contribution in [2.75, 3.05) is 20.1 Å². The molecular formula is C15H19FN2OS. The van der Waals surface area contributed by atoms with Crippen molar-refractivity contribution in [3.05, 3.63) is 29.6 Å². The van der Waals surface area contributed by atoms with Crippen molar-refractivity contribution in [1.82, 2.24) is 9.80 Å². The topological polar surface area (TPSA) is 23.6 Å². The third-order valence-electron chi connectivity index (χ3n) is 4.63. The number of hydrogen-bond donors (Lipinski definition) is 1. The molecule has 2 unspecified atom stereocenters.